The Hall–Kier alpha value is -2.33. The van der Waals surface area contributed by atoms with Crippen LogP contribution in [0.2, 0.25) is 5.02 Å². The number of halogens is 1. The summed E-state index contributed by atoms with van der Waals surface area (Å²) in [4.78, 5) is 0. The van der Waals surface area contributed by atoms with E-state index in [1.54, 1.807) is 0 Å². The molecule has 0 atom stereocenters. The molecule has 0 saturated carbocycles. The topological polar surface area (TPSA) is 51.0 Å². The van der Waals surface area contributed by atoms with Crippen LogP contribution in [0, 0.1) is 13.8 Å². The Morgan fingerprint density at radius 1 is 1.09 bits per heavy atom. The molecular formula is C17H16ClN3O. The van der Waals surface area contributed by atoms with Crippen molar-refractivity contribution in [1.29, 1.82) is 0 Å². The molecule has 0 aliphatic carbocycles. The largest absolute Gasteiger partial charge is 0.419 e. The lowest BCUT2D eigenvalue weighted by Gasteiger charge is -2.08. The van der Waals surface area contributed by atoms with Gasteiger partial charge in [-0.3, -0.25) is 0 Å². The summed E-state index contributed by atoms with van der Waals surface area (Å²) in [5.41, 5.74) is 4.05. The molecule has 0 bridgehead atoms. The maximum atomic E-state index is 6.10. The monoisotopic (exact) mass is 313 g/mol. The summed E-state index contributed by atoms with van der Waals surface area (Å²) in [7, 11) is 0. The summed E-state index contributed by atoms with van der Waals surface area (Å²) >= 11 is 6.10. The molecule has 0 saturated heterocycles. The summed E-state index contributed by atoms with van der Waals surface area (Å²) in [5.74, 6) is 1.07. The Balaban J connectivity index is 1.73. The molecule has 1 heterocycles. The summed E-state index contributed by atoms with van der Waals surface area (Å²) in [5, 5.41) is 12.2. The molecule has 0 fully saturated rings. The minimum Gasteiger partial charge on any atom is -0.419 e. The minimum absolute atomic E-state index is 0.458. The molecule has 3 aromatic rings. The molecule has 0 aliphatic rings. The van der Waals surface area contributed by atoms with Crippen molar-refractivity contribution < 1.29 is 4.42 Å². The number of rotatable bonds is 4. The van der Waals surface area contributed by atoms with Crippen LogP contribution in [0.15, 0.2) is 46.9 Å². The smallest absolute Gasteiger partial charge is 0.247 e. The van der Waals surface area contributed by atoms with Gasteiger partial charge in [0.1, 0.15) is 0 Å². The van der Waals surface area contributed by atoms with Gasteiger partial charge in [0.25, 0.3) is 0 Å². The molecule has 3 rings (SSSR count). The highest BCUT2D eigenvalue weighted by Crippen LogP contribution is 2.24. The summed E-state index contributed by atoms with van der Waals surface area (Å²) in [6.45, 7) is 4.46. The van der Waals surface area contributed by atoms with E-state index in [1.165, 1.54) is 0 Å². The number of nitrogens with one attached hydrogen (secondary N) is 1. The van der Waals surface area contributed by atoms with Crippen molar-refractivity contribution in [2.75, 3.05) is 5.32 Å². The van der Waals surface area contributed by atoms with Crippen molar-refractivity contribution in [3.05, 3.63) is 64.5 Å². The molecular weight excluding hydrogens is 298 g/mol. The number of aryl methyl sites for hydroxylation is 1. The SMILES string of the molecule is Cc1cccc(-c2nnc(CNc3cccc(Cl)c3C)o2)c1. The van der Waals surface area contributed by atoms with Crippen LogP contribution in [0.1, 0.15) is 17.0 Å². The average molecular weight is 314 g/mol. The van der Waals surface area contributed by atoms with E-state index in [0.29, 0.717) is 18.3 Å². The number of aromatic nitrogens is 2. The molecule has 0 unspecified atom stereocenters. The number of hydrogen-bond donors (Lipinski definition) is 1. The van der Waals surface area contributed by atoms with Crippen molar-refractivity contribution in [1.82, 2.24) is 10.2 Å². The molecule has 4 nitrogen and oxygen atoms in total. The fourth-order valence-electron chi connectivity index (χ4n) is 2.19. The zero-order valence-electron chi connectivity index (χ0n) is 12.4. The Labute approximate surface area is 134 Å². The molecule has 2 aromatic carbocycles. The standard InChI is InChI=1S/C17H16ClN3O/c1-11-5-3-6-13(9-11)17-21-20-16(22-17)10-19-15-8-4-7-14(18)12(15)2/h3-9,19H,10H2,1-2H3. The molecule has 0 aliphatic heterocycles. The van der Waals surface area contributed by atoms with Gasteiger partial charge in [0.2, 0.25) is 11.8 Å². The second-order valence-electron chi connectivity index (χ2n) is 5.14. The quantitative estimate of drug-likeness (QED) is 0.763. The first-order chi connectivity index (χ1) is 10.6. The fraction of sp³-hybridized carbons (Fsp3) is 0.176. The number of nitrogens with zero attached hydrogens (tertiary/aromatic N) is 2. The third-order valence-electron chi connectivity index (χ3n) is 3.43. The van der Waals surface area contributed by atoms with Gasteiger partial charge in [-0.05, 0) is 43.7 Å². The van der Waals surface area contributed by atoms with Gasteiger partial charge in [-0.25, -0.2) is 0 Å². The van der Waals surface area contributed by atoms with E-state index in [4.69, 9.17) is 16.0 Å². The van der Waals surface area contributed by atoms with Crippen LogP contribution in [-0.4, -0.2) is 10.2 Å². The third-order valence-corrected chi connectivity index (χ3v) is 3.84. The van der Waals surface area contributed by atoms with Crippen molar-refractivity contribution in [3.8, 4) is 11.5 Å². The molecule has 0 amide bonds. The van der Waals surface area contributed by atoms with E-state index in [0.717, 1.165) is 27.4 Å². The van der Waals surface area contributed by atoms with Crippen LogP contribution >= 0.6 is 11.6 Å². The Morgan fingerprint density at radius 2 is 1.91 bits per heavy atom. The predicted octanol–water partition coefficient (Wildman–Crippen LogP) is 4.62. The second-order valence-corrected chi connectivity index (χ2v) is 5.54. The summed E-state index contributed by atoms with van der Waals surface area (Å²) < 4.78 is 5.70. The minimum atomic E-state index is 0.458. The lowest BCUT2D eigenvalue weighted by atomic mass is 10.1. The Bertz CT molecular complexity index is 798. The van der Waals surface area contributed by atoms with Gasteiger partial charge in [0.15, 0.2) is 0 Å². The van der Waals surface area contributed by atoms with Gasteiger partial charge in [-0.15, -0.1) is 10.2 Å². The van der Waals surface area contributed by atoms with Gasteiger partial charge < -0.3 is 9.73 Å². The molecule has 5 heteroatoms. The number of benzene rings is 2. The van der Waals surface area contributed by atoms with E-state index in [-0.39, 0.29) is 0 Å². The molecule has 22 heavy (non-hydrogen) atoms. The van der Waals surface area contributed by atoms with Gasteiger partial charge in [-0.1, -0.05) is 35.4 Å². The van der Waals surface area contributed by atoms with Crippen molar-refractivity contribution >= 4 is 17.3 Å². The highest BCUT2D eigenvalue weighted by Gasteiger charge is 2.09. The highest BCUT2D eigenvalue weighted by molar-refractivity contribution is 6.31. The molecule has 112 valence electrons. The first-order valence-corrected chi connectivity index (χ1v) is 7.39. The normalized spacial score (nSPS) is 10.7. The average Bonchev–Trinajstić information content (AvgIpc) is 2.98. The van der Waals surface area contributed by atoms with Crippen LogP contribution in [0.5, 0.6) is 0 Å². The Morgan fingerprint density at radius 3 is 2.73 bits per heavy atom. The van der Waals surface area contributed by atoms with Crippen LogP contribution in [0.25, 0.3) is 11.5 Å². The summed E-state index contributed by atoms with van der Waals surface area (Å²) in [6.07, 6.45) is 0. The summed E-state index contributed by atoms with van der Waals surface area (Å²) in [6, 6.07) is 13.7. The van der Waals surface area contributed by atoms with Crippen molar-refractivity contribution in [2.45, 2.75) is 20.4 Å². The third kappa shape index (κ3) is 3.12. The van der Waals surface area contributed by atoms with E-state index >= 15 is 0 Å². The van der Waals surface area contributed by atoms with Crippen LogP contribution in [0.3, 0.4) is 0 Å². The highest BCUT2D eigenvalue weighted by atomic mass is 35.5. The fourth-order valence-corrected chi connectivity index (χ4v) is 2.36. The first-order valence-electron chi connectivity index (χ1n) is 7.02. The zero-order chi connectivity index (χ0) is 15.5. The molecule has 1 aromatic heterocycles. The van der Waals surface area contributed by atoms with E-state index in [9.17, 15) is 0 Å². The molecule has 0 radical (unpaired) electrons. The lowest BCUT2D eigenvalue weighted by molar-refractivity contribution is 0.515. The van der Waals surface area contributed by atoms with Gasteiger partial charge in [0.05, 0.1) is 6.54 Å². The van der Waals surface area contributed by atoms with Crippen LogP contribution in [0.4, 0.5) is 5.69 Å². The first kappa shape index (κ1) is 14.6. The van der Waals surface area contributed by atoms with Crippen molar-refractivity contribution in [3.63, 3.8) is 0 Å². The van der Waals surface area contributed by atoms with Crippen LogP contribution in [-0.2, 0) is 6.54 Å². The van der Waals surface area contributed by atoms with Gasteiger partial charge >= 0.3 is 0 Å². The van der Waals surface area contributed by atoms with E-state index in [2.05, 4.69) is 15.5 Å². The lowest BCUT2D eigenvalue weighted by Crippen LogP contribution is -2.01. The maximum Gasteiger partial charge on any atom is 0.247 e. The van der Waals surface area contributed by atoms with E-state index in [1.807, 2.05) is 56.3 Å². The molecule has 1 N–H and O–H groups in total. The van der Waals surface area contributed by atoms with Crippen LogP contribution < -0.4 is 5.32 Å². The van der Waals surface area contributed by atoms with Gasteiger partial charge in [0, 0.05) is 16.3 Å². The number of hydrogen-bond acceptors (Lipinski definition) is 4. The zero-order valence-corrected chi connectivity index (χ0v) is 13.2. The van der Waals surface area contributed by atoms with E-state index < -0.39 is 0 Å². The van der Waals surface area contributed by atoms with Crippen molar-refractivity contribution in [2.24, 2.45) is 0 Å². The molecule has 0 spiro atoms. The Kier molecular flexibility index (Phi) is 4.11. The second kappa shape index (κ2) is 6.20. The maximum absolute atomic E-state index is 6.10. The predicted molar refractivity (Wildman–Crippen MR) is 88.0 cm³/mol. The number of anilines is 1. The van der Waals surface area contributed by atoms with Gasteiger partial charge in [-0.2, -0.15) is 0 Å².